The highest BCUT2D eigenvalue weighted by Crippen LogP contribution is 2.10. The number of aliphatic carboxylic acids is 1. The zero-order chi connectivity index (χ0) is 15.8. The molecule has 0 radical (unpaired) electrons. The van der Waals surface area contributed by atoms with Crippen molar-refractivity contribution in [3.05, 3.63) is 12.2 Å². The van der Waals surface area contributed by atoms with Gasteiger partial charge in [0.15, 0.2) is 0 Å². The van der Waals surface area contributed by atoms with E-state index in [0.717, 1.165) is 51.4 Å². The number of carboxylic acids is 1. The zero-order valence-corrected chi connectivity index (χ0v) is 13.7. The smallest absolute Gasteiger partial charge is 0.303 e. The molecule has 0 aliphatic rings. The topological polar surface area (TPSA) is 57.5 Å². The minimum absolute atomic E-state index is 0.129. The number of aliphatic hydroxyl groups is 1. The first-order valence-corrected chi connectivity index (χ1v) is 8.71. The predicted octanol–water partition coefficient (Wildman–Crippen LogP) is 5.08. The van der Waals surface area contributed by atoms with E-state index < -0.39 is 5.97 Å². The SMILES string of the molecule is CCCCCC(O)CC/C=C\CCCCCCCC(=O)O. The van der Waals surface area contributed by atoms with E-state index in [2.05, 4.69) is 19.1 Å². The standard InChI is InChI=1S/C18H34O3/c1-2-3-11-14-17(19)15-12-9-7-5-4-6-8-10-13-16-18(20)21/h7,9,17,19H,2-6,8,10-16H2,1H3,(H,20,21)/b9-7-. The Balaban J connectivity index is 3.23. The van der Waals surface area contributed by atoms with Crippen molar-refractivity contribution in [2.75, 3.05) is 0 Å². The summed E-state index contributed by atoms with van der Waals surface area (Å²) in [5.41, 5.74) is 0. The number of allylic oxidation sites excluding steroid dienone is 2. The summed E-state index contributed by atoms with van der Waals surface area (Å²) in [5, 5.41) is 18.3. The lowest BCUT2D eigenvalue weighted by atomic mass is 10.1. The summed E-state index contributed by atoms with van der Waals surface area (Å²) in [7, 11) is 0. The van der Waals surface area contributed by atoms with Crippen LogP contribution in [-0.4, -0.2) is 22.3 Å². The van der Waals surface area contributed by atoms with Crippen LogP contribution in [0.1, 0.15) is 90.4 Å². The Morgan fingerprint density at radius 3 is 2.29 bits per heavy atom. The summed E-state index contributed by atoms with van der Waals surface area (Å²) >= 11 is 0. The molecule has 0 aliphatic carbocycles. The summed E-state index contributed by atoms with van der Waals surface area (Å²) in [5.74, 6) is -0.685. The lowest BCUT2D eigenvalue weighted by molar-refractivity contribution is -0.137. The van der Waals surface area contributed by atoms with E-state index in [-0.39, 0.29) is 6.10 Å². The van der Waals surface area contributed by atoms with Gasteiger partial charge in [0, 0.05) is 6.42 Å². The molecule has 0 rings (SSSR count). The van der Waals surface area contributed by atoms with Gasteiger partial charge in [0.25, 0.3) is 0 Å². The van der Waals surface area contributed by atoms with Crippen molar-refractivity contribution >= 4 is 5.97 Å². The number of carboxylic acid groups (broad SMARTS) is 1. The van der Waals surface area contributed by atoms with Crippen LogP contribution in [0.2, 0.25) is 0 Å². The maximum Gasteiger partial charge on any atom is 0.303 e. The number of hydrogen-bond donors (Lipinski definition) is 2. The average molecular weight is 298 g/mol. The van der Waals surface area contributed by atoms with E-state index >= 15 is 0 Å². The van der Waals surface area contributed by atoms with Crippen LogP contribution in [0.25, 0.3) is 0 Å². The molecule has 1 unspecified atom stereocenters. The van der Waals surface area contributed by atoms with Crippen molar-refractivity contribution in [1.82, 2.24) is 0 Å². The highest BCUT2D eigenvalue weighted by molar-refractivity contribution is 5.66. The Hall–Kier alpha value is -0.830. The van der Waals surface area contributed by atoms with Crippen LogP contribution < -0.4 is 0 Å². The number of rotatable bonds is 15. The Kier molecular flexibility index (Phi) is 14.9. The Labute approximate surface area is 130 Å². The number of hydrogen-bond acceptors (Lipinski definition) is 2. The number of unbranched alkanes of at least 4 members (excludes halogenated alkanes) is 7. The van der Waals surface area contributed by atoms with Crippen LogP contribution in [0.15, 0.2) is 12.2 Å². The summed E-state index contributed by atoms with van der Waals surface area (Å²) in [6, 6.07) is 0. The first-order chi connectivity index (χ1) is 10.2. The predicted molar refractivity (Wildman–Crippen MR) is 88.5 cm³/mol. The highest BCUT2D eigenvalue weighted by Gasteiger charge is 2.01. The van der Waals surface area contributed by atoms with Gasteiger partial charge >= 0.3 is 5.97 Å². The lowest BCUT2D eigenvalue weighted by Gasteiger charge is -2.07. The molecule has 0 heterocycles. The second kappa shape index (κ2) is 15.6. The van der Waals surface area contributed by atoms with Gasteiger partial charge in [-0.3, -0.25) is 4.79 Å². The van der Waals surface area contributed by atoms with Gasteiger partial charge in [0.05, 0.1) is 6.10 Å². The molecule has 0 saturated carbocycles. The molecule has 0 aromatic carbocycles. The molecule has 0 fully saturated rings. The quantitative estimate of drug-likeness (QED) is 0.327. The molecule has 3 nitrogen and oxygen atoms in total. The van der Waals surface area contributed by atoms with Crippen LogP contribution in [-0.2, 0) is 4.79 Å². The van der Waals surface area contributed by atoms with Crippen LogP contribution in [0.4, 0.5) is 0 Å². The van der Waals surface area contributed by atoms with Crippen molar-refractivity contribution in [2.45, 2.75) is 96.5 Å². The van der Waals surface area contributed by atoms with Crippen LogP contribution in [0.3, 0.4) is 0 Å². The molecule has 0 aromatic rings. The number of aliphatic hydroxyl groups excluding tert-OH is 1. The first-order valence-electron chi connectivity index (χ1n) is 8.71. The van der Waals surface area contributed by atoms with Crippen molar-refractivity contribution in [1.29, 1.82) is 0 Å². The number of carbonyl (C=O) groups is 1. The summed E-state index contributed by atoms with van der Waals surface area (Å²) in [4.78, 5) is 10.3. The largest absolute Gasteiger partial charge is 0.481 e. The average Bonchev–Trinajstić information content (AvgIpc) is 2.44. The maximum atomic E-state index is 10.3. The Morgan fingerprint density at radius 1 is 0.905 bits per heavy atom. The molecule has 0 spiro atoms. The fraction of sp³-hybridized carbons (Fsp3) is 0.833. The van der Waals surface area contributed by atoms with E-state index in [0.29, 0.717) is 6.42 Å². The van der Waals surface area contributed by atoms with Crippen molar-refractivity contribution < 1.29 is 15.0 Å². The van der Waals surface area contributed by atoms with Crippen LogP contribution in [0, 0.1) is 0 Å². The normalized spacial score (nSPS) is 12.9. The highest BCUT2D eigenvalue weighted by atomic mass is 16.4. The van der Waals surface area contributed by atoms with E-state index in [9.17, 15) is 9.90 Å². The minimum Gasteiger partial charge on any atom is -0.481 e. The summed E-state index contributed by atoms with van der Waals surface area (Å²) in [6.07, 6.45) is 17.4. The lowest BCUT2D eigenvalue weighted by Crippen LogP contribution is -2.05. The van der Waals surface area contributed by atoms with Crippen LogP contribution in [0.5, 0.6) is 0 Å². The fourth-order valence-electron chi connectivity index (χ4n) is 2.37. The molecule has 1 atom stereocenters. The van der Waals surface area contributed by atoms with Crippen molar-refractivity contribution in [2.24, 2.45) is 0 Å². The summed E-state index contributed by atoms with van der Waals surface area (Å²) in [6.45, 7) is 2.18. The van der Waals surface area contributed by atoms with Gasteiger partial charge in [-0.1, -0.05) is 57.6 Å². The zero-order valence-electron chi connectivity index (χ0n) is 13.7. The first kappa shape index (κ1) is 20.2. The second-order valence-electron chi connectivity index (χ2n) is 5.90. The van der Waals surface area contributed by atoms with Crippen molar-refractivity contribution in [3.8, 4) is 0 Å². The van der Waals surface area contributed by atoms with Gasteiger partial charge in [-0.2, -0.15) is 0 Å². The maximum absolute atomic E-state index is 10.3. The van der Waals surface area contributed by atoms with Gasteiger partial charge < -0.3 is 10.2 Å². The molecule has 0 saturated heterocycles. The van der Waals surface area contributed by atoms with E-state index in [1.54, 1.807) is 0 Å². The van der Waals surface area contributed by atoms with Gasteiger partial charge in [0.1, 0.15) is 0 Å². The van der Waals surface area contributed by atoms with Gasteiger partial charge in [-0.15, -0.1) is 0 Å². The molecule has 3 heteroatoms. The third kappa shape index (κ3) is 17.1. The van der Waals surface area contributed by atoms with E-state index in [1.807, 2.05) is 0 Å². The van der Waals surface area contributed by atoms with Crippen LogP contribution >= 0.6 is 0 Å². The Bertz CT molecular complexity index is 261. The molecule has 0 amide bonds. The third-order valence-corrected chi connectivity index (χ3v) is 3.74. The minimum atomic E-state index is -0.685. The molecule has 124 valence electrons. The molecule has 0 bridgehead atoms. The second-order valence-corrected chi connectivity index (χ2v) is 5.90. The van der Waals surface area contributed by atoms with Crippen molar-refractivity contribution in [3.63, 3.8) is 0 Å². The van der Waals surface area contributed by atoms with Gasteiger partial charge in [0.2, 0.25) is 0 Å². The Morgan fingerprint density at radius 2 is 1.57 bits per heavy atom. The fourth-order valence-corrected chi connectivity index (χ4v) is 2.37. The molecular weight excluding hydrogens is 264 g/mol. The summed E-state index contributed by atoms with van der Waals surface area (Å²) < 4.78 is 0. The third-order valence-electron chi connectivity index (χ3n) is 3.74. The molecule has 0 aliphatic heterocycles. The van der Waals surface area contributed by atoms with Gasteiger partial charge in [-0.25, -0.2) is 0 Å². The molecule has 0 aromatic heterocycles. The van der Waals surface area contributed by atoms with E-state index in [4.69, 9.17) is 5.11 Å². The monoisotopic (exact) mass is 298 g/mol. The van der Waals surface area contributed by atoms with Gasteiger partial charge in [-0.05, 0) is 38.5 Å². The molecule has 2 N–H and O–H groups in total. The molecule has 21 heavy (non-hydrogen) atoms. The molecular formula is C18H34O3. The van der Waals surface area contributed by atoms with E-state index in [1.165, 1.54) is 25.7 Å².